The molecule has 172 valence electrons. The monoisotopic (exact) mass is 462 g/mol. The Kier molecular flexibility index (Phi) is 9.52. The van der Waals surface area contributed by atoms with E-state index in [2.05, 4.69) is 5.32 Å². The van der Waals surface area contributed by atoms with Gasteiger partial charge in [0.05, 0.1) is 0 Å². The quantitative estimate of drug-likeness (QED) is 0.412. The summed E-state index contributed by atoms with van der Waals surface area (Å²) in [6.45, 7) is 2.97. The third-order valence-electron chi connectivity index (χ3n) is 5.58. The molecular weight excluding hydrogens is 432 g/mol. The Morgan fingerprint density at radius 2 is 1.48 bits per heavy atom. The molecule has 1 atom stereocenters. The van der Waals surface area contributed by atoms with Gasteiger partial charge < -0.3 is 10.2 Å². The zero-order chi connectivity index (χ0) is 23.5. The van der Waals surface area contributed by atoms with Crippen LogP contribution in [0.15, 0.2) is 84.9 Å². The van der Waals surface area contributed by atoms with Crippen LogP contribution in [-0.2, 0) is 29.0 Å². The summed E-state index contributed by atoms with van der Waals surface area (Å²) in [5, 5.41) is 3.66. The molecule has 0 aromatic heterocycles. The number of hydrogen-bond acceptors (Lipinski definition) is 2. The Hall–Kier alpha value is -3.11. The highest BCUT2D eigenvalue weighted by atomic mass is 35.5. The van der Waals surface area contributed by atoms with E-state index in [1.54, 1.807) is 4.90 Å². The average Bonchev–Trinajstić information content (AvgIpc) is 2.85. The Morgan fingerprint density at radius 3 is 2.12 bits per heavy atom. The van der Waals surface area contributed by atoms with Gasteiger partial charge in [-0.3, -0.25) is 9.59 Å². The summed E-state index contributed by atoms with van der Waals surface area (Å²) in [7, 11) is 0. The molecule has 33 heavy (non-hydrogen) atoms. The lowest BCUT2D eigenvalue weighted by atomic mass is 10.0. The third-order valence-corrected chi connectivity index (χ3v) is 5.95. The molecule has 5 heteroatoms. The van der Waals surface area contributed by atoms with E-state index >= 15 is 0 Å². The third kappa shape index (κ3) is 7.47. The summed E-state index contributed by atoms with van der Waals surface area (Å²) in [4.78, 5) is 28.5. The fraction of sp³-hybridized carbons (Fsp3) is 0.286. The summed E-state index contributed by atoms with van der Waals surface area (Å²) < 4.78 is 0. The number of rotatable bonds is 11. The van der Waals surface area contributed by atoms with Crippen LogP contribution < -0.4 is 5.32 Å². The Morgan fingerprint density at radius 1 is 0.879 bits per heavy atom. The second-order valence-corrected chi connectivity index (χ2v) is 8.50. The topological polar surface area (TPSA) is 49.4 Å². The van der Waals surface area contributed by atoms with Crippen LogP contribution in [0.1, 0.15) is 36.5 Å². The van der Waals surface area contributed by atoms with Crippen LogP contribution in [0.5, 0.6) is 0 Å². The highest BCUT2D eigenvalue weighted by Crippen LogP contribution is 2.20. The molecule has 0 saturated carbocycles. The first-order valence-corrected chi connectivity index (χ1v) is 11.8. The van der Waals surface area contributed by atoms with Gasteiger partial charge in [0, 0.05) is 31.0 Å². The first-order chi connectivity index (χ1) is 16.1. The predicted octanol–water partition coefficient (Wildman–Crippen LogP) is 5.44. The van der Waals surface area contributed by atoms with Gasteiger partial charge in [-0.1, -0.05) is 97.4 Å². The average molecular weight is 463 g/mol. The predicted molar refractivity (Wildman–Crippen MR) is 134 cm³/mol. The molecule has 1 N–H and O–H groups in total. The minimum atomic E-state index is -0.599. The first-order valence-electron chi connectivity index (χ1n) is 11.5. The number of benzene rings is 3. The van der Waals surface area contributed by atoms with Crippen molar-refractivity contribution in [1.29, 1.82) is 0 Å². The standard InChI is InChI=1S/C28H31ClN2O2/c1-2-19-30-28(33)26(20-22-11-5-3-6-12-22)31(21-23-13-7-4-8-14-23)27(32)18-17-24-15-9-10-16-25(24)29/h3-16,26H,2,17-21H2,1H3,(H,30,33)/t26-/m0/s1. The van der Waals surface area contributed by atoms with Gasteiger partial charge in [0.25, 0.3) is 0 Å². The Bertz CT molecular complexity index is 1020. The van der Waals surface area contributed by atoms with Crippen molar-refractivity contribution in [3.05, 3.63) is 107 Å². The molecule has 0 unspecified atom stereocenters. The lowest BCUT2D eigenvalue weighted by Gasteiger charge is -2.31. The van der Waals surface area contributed by atoms with Gasteiger partial charge in [-0.2, -0.15) is 0 Å². The van der Waals surface area contributed by atoms with Gasteiger partial charge in [-0.15, -0.1) is 0 Å². The molecule has 3 aromatic rings. The summed E-state index contributed by atoms with van der Waals surface area (Å²) in [6.07, 6.45) is 2.10. The van der Waals surface area contributed by atoms with Crippen molar-refractivity contribution in [3.8, 4) is 0 Å². The molecule has 2 amide bonds. The van der Waals surface area contributed by atoms with E-state index in [0.29, 0.717) is 31.0 Å². The summed E-state index contributed by atoms with van der Waals surface area (Å²) >= 11 is 6.31. The van der Waals surface area contributed by atoms with E-state index < -0.39 is 6.04 Å². The molecule has 0 fully saturated rings. The van der Waals surface area contributed by atoms with Crippen LogP contribution in [-0.4, -0.2) is 29.3 Å². The van der Waals surface area contributed by atoms with Crippen molar-refractivity contribution in [1.82, 2.24) is 10.2 Å². The maximum absolute atomic E-state index is 13.5. The number of carbonyl (C=O) groups excluding carboxylic acids is 2. The van der Waals surface area contributed by atoms with E-state index in [4.69, 9.17) is 11.6 Å². The van der Waals surface area contributed by atoms with Gasteiger partial charge >= 0.3 is 0 Å². The van der Waals surface area contributed by atoms with E-state index in [0.717, 1.165) is 23.1 Å². The van der Waals surface area contributed by atoms with Gasteiger partial charge in [-0.05, 0) is 35.6 Å². The largest absolute Gasteiger partial charge is 0.354 e. The molecular formula is C28H31ClN2O2. The van der Waals surface area contributed by atoms with Crippen LogP contribution >= 0.6 is 11.6 Å². The van der Waals surface area contributed by atoms with E-state index in [-0.39, 0.29) is 18.2 Å². The van der Waals surface area contributed by atoms with E-state index in [1.165, 1.54) is 0 Å². The van der Waals surface area contributed by atoms with Crippen molar-refractivity contribution in [2.24, 2.45) is 0 Å². The number of hydrogen-bond donors (Lipinski definition) is 1. The smallest absolute Gasteiger partial charge is 0.243 e. The van der Waals surface area contributed by atoms with Crippen LogP contribution in [0.25, 0.3) is 0 Å². The van der Waals surface area contributed by atoms with Crippen LogP contribution in [0, 0.1) is 0 Å². The molecule has 0 spiro atoms. The molecule has 0 aliphatic heterocycles. The minimum Gasteiger partial charge on any atom is -0.354 e. The number of amides is 2. The fourth-order valence-electron chi connectivity index (χ4n) is 3.79. The van der Waals surface area contributed by atoms with Crippen molar-refractivity contribution >= 4 is 23.4 Å². The van der Waals surface area contributed by atoms with Crippen LogP contribution in [0.2, 0.25) is 5.02 Å². The van der Waals surface area contributed by atoms with Crippen LogP contribution in [0.4, 0.5) is 0 Å². The molecule has 0 aliphatic rings. The molecule has 0 radical (unpaired) electrons. The number of aryl methyl sites for hydroxylation is 1. The molecule has 3 rings (SSSR count). The second-order valence-electron chi connectivity index (χ2n) is 8.10. The van der Waals surface area contributed by atoms with Crippen LogP contribution in [0.3, 0.4) is 0 Å². The number of nitrogens with one attached hydrogen (secondary N) is 1. The minimum absolute atomic E-state index is 0.0636. The zero-order valence-electron chi connectivity index (χ0n) is 19.0. The van der Waals surface area contributed by atoms with Gasteiger partial charge in [0.15, 0.2) is 0 Å². The van der Waals surface area contributed by atoms with E-state index in [1.807, 2.05) is 91.9 Å². The number of carbonyl (C=O) groups is 2. The lowest BCUT2D eigenvalue weighted by Crippen LogP contribution is -2.50. The maximum atomic E-state index is 13.5. The maximum Gasteiger partial charge on any atom is 0.243 e. The second kappa shape index (κ2) is 12.8. The van der Waals surface area contributed by atoms with Crippen molar-refractivity contribution in [2.45, 2.75) is 45.2 Å². The number of halogens is 1. The number of nitrogens with zero attached hydrogens (tertiary/aromatic N) is 1. The molecule has 3 aromatic carbocycles. The molecule has 0 bridgehead atoms. The fourth-order valence-corrected chi connectivity index (χ4v) is 4.02. The van der Waals surface area contributed by atoms with Gasteiger partial charge in [0.2, 0.25) is 11.8 Å². The first kappa shape index (κ1) is 24.5. The normalized spacial score (nSPS) is 11.6. The van der Waals surface area contributed by atoms with Crippen molar-refractivity contribution in [2.75, 3.05) is 6.54 Å². The van der Waals surface area contributed by atoms with Crippen molar-refractivity contribution in [3.63, 3.8) is 0 Å². The van der Waals surface area contributed by atoms with E-state index in [9.17, 15) is 9.59 Å². The van der Waals surface area contributed by atoms with Gasteiger partial charge in [-0.25, -0.2) is 0 Å². The highest BCUT2D eigenvalue weighted by molar-refractivity contribution is 6.31. The molecule has 0 heterocycles. The summed E-state index contributed by atoms with van der Waals surface area (Å²) in [5.41, 5.74) is 2.94. The molecule has 4 nitrogen and oxygen atoms in total. The van der Waals surface area contributed by atoms with Crippen molar-refractivity contribution < 1.29 is 9.59 Å². The van der Waals surface area contributed by atoms with Gasteiger partial charge in [0.1, 0.15) is 6.04 Å². The summed E-state index contributed by atoms with van der Waals surface area (Å²) in [5.74, 6) is -0.186. The highest BCUT2D eigenvalue weighted by Gasteiger charge is 2.30. The summed E-state index contributed by atoms with van der Waals surface area (Å²) in [6, 6.07) is 26.6. The molecule has 0 saturated heterocycles. The Labute approximate surface area is 201 Å². The SMILES string of the molecule is CCCNC(=O)[C@H](Cc1ccccc1)N(Cc1ccccc1)C(=O)CCc1ccccc1Cl. The zero-order valence-corrected chi connectivity index (χ0v) is 19.8. The Balaban J connectivity index is 1.87. The molecule has 0 aliphatic carbocycles. The lowest BCUT2D eigenvalue weighted by molar-refractivity contribution is -0.141.